The van der Waals surface area contributed by atoms with E-state index in [1.807, 2.05) is 0 Å². The van der Waals surface area contributed by atoms with Crippen LogP contribution < -0.4 is 5.32 Å². The number of carbonyl (C=O) groups is 1. The highest BCUT2D eigenvalue weighted by molar-refractivity contribution is 7.10. The van der Waals surface area contributed by atoms with Gasteiger partial charge in [-0.05, 0) is 43.0 Å². The Morgan fingerprint density at radius 1 is 1.33 bits per heavy atom. The number of rotatable bonds is 5. The van der Waals surface area contributed by atoms with E-state index < -0.39 is 0 Å². The SMILES string of the molecule is O=C(NCC(c1cccs1)N1CCOCC1)C12CCCC1CCC2. The zero-order valence-corrected chi connectivity index (χ0v) is 15.2. The zero-order valence-electron chi connectivity index (χ0n) is 14.3. The molecule has 5 heteroatoms. The van der Waals surface area contributed by atoms with Crippen LogP contribution in [0.2, 0.25) is 0 Å². The van der Waals surface area contributed by atoms with Gasteiger partial charge in [-0.25, -0.2) is 0 Å². The maximum atomic E-state index is 13.1. The summed E-state index contributed by atoms with van der Waals surface area (Å²) in [5.41, 5.74) is -0.0367. The number of ether oxygens (including phenoxy) is 1. The van der Waals surface area contributed by atoms with E-state index in [1.54, 1.807) is 11.3 Å². The number of morpholine rings is 1. The molecule has 0 radical (unpaired) electrons. The molecule has 1 N–H and O–H groups in total. The largest absolute Gasteiger partial charge is 0.379 e. The molecule has 1 aromatic rings. The summed E-state index contributed by atoms with van der Waals surface area (Å²) in [4.78, 5) is 16.9. The van der Waals surface area contributed by atoms with Gasteiger partial charge in [0.25, 0.3) is 0 Å². The molecular formula is C19H28N2O2S. The molecule has 4 rings (SSSR count). The smallest absolute Gasteiger partial charge is 0.226 e. The fraction of sp³-hybridized carbons (Fsp3) is 0.737. The van der Waals surface area contributed by atoms with Gasteiger partial charge in [-0.2, -0.15) is 0 Å². The van der Waals surface area contributed by atoms with Crippen molar-refractivity contribution in [2.45, 2.75) is 44.6 Å². The summed E-state index contributed by atoms with van der Waals surface area (Å²) in [7, 11) is 0. The second-order valence-corrected chi connectivity index (χ2v) is 8.51. The van der Waals surface area contributed by atoms with E-state index in [0.29, 0.717) is 11.8 Å². The predicted octanol–water partition coefficient (Wildman–Crippen LogP) is 3.21. The van der Waals surface area contributed by atoms with Crippen LogP contribution in [-0.4, -0.2) is 43.7 Å². The number of thiophene rings is 1. The number of fused-ring (bicyclic) bond motifs is 1. The third kappa shape index (κ3) is 3.02. The van der Waals surface area contributed by atoms with Crippen molar-refractivity contribution in [3.63, 3.8) is 0 Å². The highest BCUT2D eigenvalue weighted by Gasteiger charge is 2.51. The summed E-state index contributed by atoms with van der Waals surface area (Å²) in [6.07, 6.45) is 7.18. The molecule has 2 heterocycles. The number of amides is 1. The second kappa shape index (κ2) is 7.14. The lowest BCUT2D eigenvalue weighted by Crippen LogP contribution is -2.47. The fourth-order valence-corrected chi connectivity index (χ4v) is 5.98. The summed E-state index contributed by atoms with van der Waals surface area (Å²) < 4.78 is 5.50. The number of hydrogen-bond donors (Lipinski definition) is 1. The molecule has 3 aliphatic rings. The van der Waals surface area contributed by atoms with Gasteiger partial charge in [0, 0.05) is 24.5 Å². The van der Waals surface area contributed by atoms with Gasteiger partial charge in [0.15, 0.2) is 0 Å². The van der Waals surface area contributed by atoms with Crippen molar-refractivity contribution in [2.24, 2.45) is 11.3 Å². The van der Waals surface area contributed by atoms with Crippen LogP contribution in [0.1, 0.15) is 49.4 Å². The topological polar surface area (TPSA) is 41.6 Å². The van der Waals surface area contributed by atoms with Gasteiger partial charge in [0.05, 0.1) is 24.7 Å². The first-order valence-electron chi connectivity index (χ1n) is 9.43. The Balaban J connectivity index is 1.44. The number of nitrogens with one attached hydrogen (secondary N) is 1. The zero-order chi connectivity index (χ0) is 16.4. The Morgan fingerprint density at radius 3 is 2.75 bits per heavy atom. The summed E-state index contributed by atoms with van der Waals surface area (Å²) in [5, 5.41) is 5.49. The third-order valence-corrected chi connectivity index (χ3v) is 7.37. The van der Waals surface area contributed by atoms with Crippen LogP contribution in [-0.2, 0) is 9.53 Å². The van der Waals surface area contributed by atoms with Crippen LogP contribution >= 0.6 is 11.3 Å². The average molecular weight is 349 g/mol. The molecule has 1 aliphatic heterocycles. The molecule has 24 heavy (non-hydrogen) atoms. The Morgan fingerprint density at radius 2 is 2.08 bits per heavy atom. The molecule has 0 aromatic carbocycles. The van der Waals surface area contributed by atoms with Crippen molar-refractivity contribution in [3.8, 4) is 0 Å². The maximum Gasteiger partial charge on any atom is 0.226 e. The first kappa shape index (κ1) is 16.6. The third-order valence-electron chi connectivity index (χ3n) is 6.40. The lowest BCUT2D eigenvalue weighted by atomic mass is 9.79. The average Bonchev–Trinajstić information content (AvgIpc) is 3.33. The molecular weight excluding hydrogens is 320 g/mol. The van der Waals surface area contributed by atoms with Crippen molar-refractivity contribution in [1.29, 1.82) is 0 Å². The molecule has 132 valence electrons. The van der Waals surface area contributed by atoms with E-state index in [9.17, 15) is 4.79 Å². The molecule has 1 unspecified atom stereocenters. The molecule has 4 nitrogen and oxygen atoms in total. The van der Waals surface area contributed by atoms with E-state index in [-0.39, 0.29) is 11.5 Å². The van der Waals surface area contributed by atoms with Crippen LogP contribution in [0.5, 0.6) is 0 Å². The van der Waals surface area contributed by atoms with Crippen molar-refractivity contribution in [3.05, 3.63) is 22.4 Å². The van der Waals surface area contributed by atoms with Gasteiger partial charge < -0.3 is 10.1 Å². The van der Waals surface area contributed by atoms with Gasteiger partial charge in [0.2, 0.25) is 5.91 Å². The van der Waals surface area contributed by atoms with Crippen molar-refractivity contribution in [1.82, 2.24) is 10.2 Å². The van der Waals surface area contributed by atoms with Gasteiger partial charge >= 0.3 is 0 Å². The molecule has 0 bridgehead atoms. The van der Waals surface area contributed by atoms with Crippen LogP contribution in [0.4, 0.5) is 0 Å². The normalized spacial score (nSPS) is 31.8. The lowest BCUT2D eigenvalue weighted by Gasteiger charge is -2.35. The van der Waals surface area contributed by atoms with E-state index in [4.69, 9.17) is 4.74 Å². The predicted molar refractivity (Wildman–Crippen MR) is 96.1 cm³/mol. The first-order chi connectivity index (χ1) is 11.8. The minimum absolute atomic E-state index is 0.0367. The molecule has 3 fully saturated rings. The van der Waals surface area contributed by atoms with Crippen LogP contribution in [0.25, 0.3) is 0 Å². The summed E-state index contributed by atoms with van der Waals surface area (Å²) in [6.45, 7) is 4.22. The monoisotopic (exact) mass is 348 g/mol. The van der Waals surface area contributed by atoms with Gasteiger partial charge in [-0.3, -0.25) is 9.69 Å². The molecule has 1 saturated heterocycles. The quantitative estimate of drug-likeness (QED) is 0.888. The molecule has 1 atom stereocenters. The number of nitrogens with zero attached hydrogens (tertiary/aromatic N) is 1. The summed E-state index contributed by atoms with van der Waals surface area (Å²) in [6, 6.07) is 4.59. The number of carbonyl (C=O) groups excluding carboxylic acids is 1. The van der Waals surface area contributed by atoms with Crippen molar-refractivity contribution < 1.29 is 9.53 Å². The molecule has 2 saturated carbocycles. The minimum atomic E-state index is -0.0367. The highest BCUT2D eigenvalue weighted by Crippen LogP contribution is 2.54. The molecule has 1 amide bonds. The summed E-state index contributed by atoms with van der Waals surface area (Å²) in [5.74, 6) is 0.971. The Hall–Kier alpha value is -0.910. The van der Waals surface area contributed by atoms with Gasteiger partial charge in [-0.15, -0.1) is 11.3 Å². The molecule has 0 spiro atoms. The Kier molecular flexibility index (Phi) is 4.93. The van der Waals surface area contributed by atoms with Crippen LogP contribution in [0, 0.1) is 11.3 Å². The molecule has 2 aliphatic carbocycles. The standard InChI is InChI=1S/C19H28N2O2S/c22-18(19-7-1-4-15(19)5-2-8-19)20-14-16(17-6-3-13-24-17)21-9-11-23-12-10-21/h3,6,13,15-16H,1-2,4-5,7-12,14H2,(H,20,22). The van der Waals surface area contributed by atoms with E-state index in [2.05, 4.69) is 27.7 Å². The Bertz CT molecular complexity index is 544. The molecule has 1 aromatic heterocycles. The van der Waals surface area contributed by atoms with Gasteiger partial charge in [-0.1, -0.05) is 18.9 Å². The second-order valence-electron chi connectivity index (χ2n) is 7.53. The van der Waals surface area contributed by atoms with Crippen molar-refractivity contribution >= 4 is 17.2 Å². The number of hydrogen-bond acceptors (Lipinski definition) is 4. The van der Waals surface area contributed by atoms with E-state index in [1.165, 1.54) is 30.6 Å². The fourth-order valence-electron chi connectivity index (χ4n) is 5.12. The minimum Gasteiger partial charge on any atom is -0.379 e. The van der Waals surface area contributed by atoms with Crippen LogP contribution in [0.3, 0.4) is 0 Å². The van der Waals surface area contributed by atoms with E-state index in [0.717, 1.165) is 45.7 Å². The van der Waals surface area contributed by atoms with Crippen molar-refractivity contribution in [2.75, 3.05) is 32.8 Å². The first-order valence-corrected chi connectivity index (χ1v) is 10.3. The highest BCUT2D eigenvalue weighted by atomic mass is 32.1. The van der Waals surface area contributed by atoms with Crippen LogP contribution in [0.15, 0.2) is 17.5 Å². The lowest BCUT2D eigenvalue weighted by molar-refractivity contribution is -0.132. The Labute approximate surface area is 148 Å². The van der Waals surface area contributed by atoms with E-state index >= 15 is 0 Å². The van der Waals surface area contributed by atoms with Gasteiger partial charge in [0.1, 0.15) is 0 Å². The summed E-state index contributed by atoms with van der Waals surface area (Å²) >= 11 is 1.79. The maximum absolute atomic E-state index is 13.1.